The van der Waals surface area contributed by atoms with Gasteiger partial charge in [0.1, 0.15) is 10.6 Å². The third-order valence-electron chi connectivity index (χ3n) is 3.26. The molecule has 1 aliphatic rings. The fraction of sp³-hybridized carbons (Fsp3) is 0.538. The maximum atomic E-state index is 12.6. The van der Waals surface area contributed by atoms with Crippen LogP contribution in [0.25, 0.3) is 0 Å². The molecule has 0 atom stereocenters. The summed E-state index contributed by atoms with van der Waals surface area (Å²) in [6, 6.07) is 3.23. The van der Waals surface area contributed by atoms with Gasteiger partial charge in [0.15, 0.2) is 0 Å². The molecule has 0 saturated carbocycles. The summed E-state index contributed by atoms with van der Waals surface area (Å²) in [5.41, 5.74) is 0.858. The minimum atomic E-state index is -3.59. The molecule has 112 valence electrons. The molecule has 1 aliphatic heterocycles. The van der Waals surface area contributed by atoms with E-state index >= 15 is 0 Å². The molecule has 0 spiro atoms. The van der Waals surface area contributed by atoms with Gasteiger partial charge in [-0.15, -0.1) is 0 Å². The highest BCUT2D eigenvalue weighted by Gasteiger charge is 2.29. The highest BCUT2D eigenvalue weighted by atomic mass is 35.5. The zero-order valence-electron chi connectivity index (χ0n) is 11.9. The number of halogens is 1. The Morgan fingerprint density at radius 1 is 1.25 bits per heavy atom. The molecule has 0 radical (unpaired) electrons. The minimum absolute atomic E-state index is 0.166. The van der Waals surface area contributed by atoms with Crippen LogP contribution in [0.1, 0.15) is 5.56 Å². The van der Waals surface area contributed by atoms with Crippen molar-refractivity contribution in [2.45, 2.75) is 11.3 Å². The van der Waals surface area contributed by atoms with Crippen molar-refractivity contribution in [1.29, 1.82) is 0 Å². The second-order valence-electron chi connectivity index (χ2n) is 5.12. The fourth-order valence-electron chi connectivity index (χ4n) is 2.06. The lowest BCUT2D eigenvalue weighted by Gasteiger charge is -2.20. The van der Waals surface area contributed by atoms with Crippen LogP contribution in [0.3, 0.4) is 0 Å². The third kappa shape index (κ3) is 3.09. The van der Waals surface area contributed by atoms with E-state index in [0.29, 0.717) is 36.9 Å². The maximum absolute atomic E-state index is 12.6. The number of nitrogens with zero attached hydrogens (tertiary/aromatic N) is 2. The standard InChI is InChI=1S/C13H19ClN2O3S/c1-15(2)5-6-16(3)20(17,18)12-9-11(14)8-10-4-7-19-13(10)12/h8-9H,4-7H2,1-3H3. The molecule has 0 aliphatic carbocycles. The van der Waals surface area contributed by atoms with E-state index in [0.717, 1.165) is 5.56 Å². The van der Waals surface area contributed by atoms with Gasteiger partial charge in [0.2, 0.25) is 10.0 Å². The van der Waals surface area contributed by atoms with Crippen molar-refractivity contribution in [2.75, 3.05) is 40.8 Å². The van der Waals surface area contributed by atoms with Crippen molar-refractivity contribution in [3.63, 3.8) is 0 Å². The Bertz CT molecular complexity index is 602. The van der Waals surface area contributed by atoms with Crippen molar-refractivity contribution in [3.05, 3.63) is 22.7 Å². The maximum Gasteiger partial charge on any atom is 0.246 e. The lowest BCUT2D eigenvalue weighted by atomic mass is 10.2. The smallest absolute Gasteiger partial charge is 0.246 e. The zero-order valence-corrected chi connectivity index (χ0v) is 13.5. The van der Waals surface area contributed by atoms with E-state index in [1.165, 1.54) is 10.4 Å². The van der Waals surface area contributed by atoms with Gasteiger partial charge in [0, 0.05) is 37.1 Å². The normalized spacial score (nSPS) is 14.7. The molecule has 20 heavy (non-hydrogen) atoms. The van der Waals surface area contributed by atoms with E-state index in [2.05, 4.69) is 0 Å². The molecule has 1 heterocycles. The first-order chi connectivity index (χ1) is 9.32. The first-order valence-corrected chi connectivity index (χ1v) is 8.20. The molecular formula is C13H19ClN2O3S. The topological polar surface area (TPSA) is 49.9 Å². The van der Waals surface area contributed by atoms with Gasteiger partial charge in [0.05, 0.1) is 6.61 Å². The first kappa shape index (κ1) is 15.6. The van der Waals surface area contributed by atoms with Crippen LogP contribution in [0.5, 0.6) is 5.75 Å². The van der Waals surface area contributed by atoms with Crippen molar-refractivity contribution in [2.24, 2.45) is 0 Å². The number of hydrogen-bond donors (Lipinski definition) is 0. The molecule has 2 rings (SSSR count). The summed E-state index contributed by atoms with van der Waals surface area (Å²) in [6.45, 7) is 1.57. The van der Waals surface area contributed by atoms with Gasteiger partial charge in [-0.3, -0.25) is 0 Å². The summed E-state index contributed by atoms with van der Waals surface area (Å²) in [5.74, 6) is 0.450. The van der Waals surface area contributed by atoms with Gasteiger partial charge in [-0.1, -0.05) is 11.6 Å². The lowest BCUT2D eigenvalue weighted by molar-refractivity contribution is 0.342. The van der Waals surface area contributed by atoms with Gasteiger partial charge < -0.3 is 9.64 Å². The number of benzene rings is 1. The van der Waals surface area contributed by atoms with Gasteiger partial charge >= 0.3 is 0 Å². The predicted octanol–water partition coefficient (Wildman–Crippen LogP) is 1.46. The quantitative estimate of drug-likeness (QED) is 0.824. The molecule has 7 heteroatoms. The average molecular weight is 319 g/mol. The summed E-state index contributed by atoms with van der Waals surface area (Å²) in [5, 5.41) is 0.425. The number of ether oxygens (including phenoxy) is 1. The zero-order chi connectivity index (χ0) is 14.9. The van der Waals surface area contributed by atoms with Crippen LogP contribution >= 0.6 is 11.6 Å². The Labute approximate surface area is 125 Å². The number of likely N-dealkylation sites (N-methyl/N-ethyl adjacent to an activating group) is 2. The summed E-state index contributed by atoms with van der Waals surface area (Å²) >= 11 is 6.02. The van der Waals surface area contributed by atoms with E-state index in [9.17, 15) is 8.42 Å². The van der Waals surface area contributed by atoms with Crippen LogP contribution in [-0.4, -0.2) is 58.5 Å². The lowest BCUT2D eigenvalue weighted by Crippen LogP contribution is -2.33. The average Bonchev–Trinajstić information content (AvgIpc) is 2.82. The predicted molar refractivity (Wildman–Crippen MR) is 79.0 cm³/mol. The van der Waals surface area contributed by atoms with Gasteiger partial charge in [-0.05, 0) is 26.2 Å². The number of fused-ring (bicyclic) bond motifs is 1. The van der Waals surface area contributed by atoms with Gasteiger partial charge in [-0.2, -0.15) is 4.31 Å². The SMILES string of the molecule is CN(C)CCN(C)S(=O)(=O)c1cc(Cl)cc2c1OCC2. The van der Waals surface area contributed by atoms with Crippen LogP contribution in [0.2, 0.25) is 5.02 Å². The molecule has 0 N–H and O–H groups in total. The summed E-state index contributed by atoms with van der Waals surface area (Å²) in [4.78, 5) is 2.10. The molecule has 0 amide bonds. The summed E-state index contributed by atoms with van der Waals surface area (Å²) in [6.07, 6.45) is 0.694. The van der Waals surface area contributed by atoms with Crippen LogP contribution < -0.4 is 4.74 Å². The second-order valence-corrected chi connectivity index (χ2v) is 7.57. The summed E-state index contributed by atoms with van der Waals surface area (Å²) < 4.78 is 32.1. The molecule has 5 nitrogen and oxygen atoms in total. The van der Waals surface area contributed by atoms with Crippen molar-refractivity contribution in [1.82, 2.24) is 9.21 Å². The van der Waals surface area contributed by atoms with Crippen LogP contribution in [-0.2, 0) is 16.4 Å². The van der Waals surface area contributed by atoms with Crippen LogP contribution in [0.15, 0.2) is 17.0 Å². The Kier molecular flexibility index (Phi) is 4.59. The molecule has 1 aromatic carbocycles. The monoisotopic (exact) mass is 318 g/mol. The molecule has 0 unspecified atom stereocenters. The molecule has 0 bridgehead atoms. The summed E-state index contributed by atoms with van der Waals surface area (Å²) in [7, 11) is 1.79. The van der Waals surface area contributed by atoms with Gasteiger partial charge in [0.25, 0.3) is 0 Å². The molecule has 0 fully saturated rings. The first-order valence-electron chi connectivity index (χ1n) is 6.38. The second kappa shape index (κ2) is 5.89. The van der Waals surface area contributed by atoms with Gasteiger partial charge in [-0.25, -0.2) is 8.42 Å². The Morgan fingerprint density at radius 2 is 1.95 bits per heavy atom. The Hall–Kier alpha value is -0.820. The molecule has 0 saturated heterocycles. The highest BCUT2D eigenvalue weighted by molar-refractivity contribution is 7.89. The van der Waals surface area contributed by atoms with Crippen LogP contribution in [0, 0.1) is 0 Å². The molecule has 0 aromatic heterocycles. The van der Waals surface area contributed by atoms with E-state index in [1.807, 2.05) is 19.0 Å². The van der Waals surface area contributed by atoms with Crippen LogP contribution in [0.4, 0.5) is 0 Å². The Morgan fingerprint density at radius 3 is 2.60 bits per heavy atom. The number of rotatable bonds is 5. The Balaban J connectivity index is 2.35. The molecular weight excluding hydrogens is 300 g/mol. The fourth-order valence-corrected chi connectivity index (χ4v) is 3.72. The van der Waals surface area contributed by atoms with E-state index in [4.69, 9.17) is 16.3 Å². The van der Waals surface area contributed by atoms with E-state index in [1.54, 1.807) is 13.1 Å². The van der Waals surface area contributed by atoms with Crippen molar-refractivity contribution >= 4 is 21.6 Å². The van der Waals surface area contributed by atoms with Crippen molar-refractivity contribution < 1.29 is 13.2 Å². The number of hydrogen-bond acceptors (Lipinski definition) is 4. The molecule has 1 aromatic rings. The number of sulfonamides is 1. The third-order valence-corrected chi connectivity index (χ3v) is 5.35. The highest BCUT2D eigenvalue weighted by Crippen LogP contribution is 2.36. The largest absolute Gasteiger partial charge is 0.492 e. The minimum Gasteiger partial charge on any atom is -0.492 e. The van der Waals surface area contributed by atoms with Crippen molar-refractivity contribution in [3.8, 4) is 5.75 Å². The van der Waals surface area contributed by atoms with E-state index < -0.39 is 10.0 Å². The van der Waals surface area contributed by atoms with E-state index in [-0.39, 0.29) is 4.90 Å².